The van der Waals surface area contributed by atoms with Crippen LogP contribution in [0.5, 0.6) is 5.75 Å². The summed E-state index contributed by atoms with van der Waals surface area (Å²) in [7, 11) is 1.79. The number of aromatic hydroxyl groups is 1. The molecule has 3 N–H and O–H groups in total. The number of aromatic carboxylic acids is 1. The third-order valence-corrected chi connectivity index (χ3v) is 4.63. The number of hydrogen-bond donors (Lipinski definition) is 3. The number of hydrogen-bond acceptors (Lipinski definition) is 4. The molecule has 130 valence electrons. The number of aryl methyl sites for hydroxylation is 1. The molecule has 7 heteroatoms. The summed E-state index contributed by atoms with van der Waals surface area (Å²) < 4.78 is 13.8. The highest BCUT2D eigenvalue weighted by Crippen LogP contribution is 2.42. The summed E-state index contributed by atoms with van der Waals surface area (Å²) in [6.45, 7) is 5.27. The van der Waals surface area contributed by atoms with Gasteiger partial charge in [-0.2, -0.15) is 0 Å². The highest BCUT2D eigenvalue weighted by molar-refractivity contribution is 5.92. The number of aromatic amines is 1. The van der Waals surface area contributed by atoms with Crippen LogP contribution >= 0.6 is 0 Å². The van der Waals surface area contributed by atoms with Crippen LogP contribution in [0.3, 0.4) is 0 Å². The largest absolute Gasteiger partial charge is 0.506 e. The molecule has 2 aromatic rings. The molecule has 25 heavy (non-hydrogen) atoms. The van der Waals surface area contributed by atoms with E-state index in [0.29, 0.717) is 17.7 Å². The summed E-state index contributed by atoms with van der Waals surface area (Å²) >= 11 is 0. The van der Waals surface area contributed by atoms with Gasteiger partial charge in [-0.05, 0) is 30.2 Å². The lowest BCUT2D eigenvalue weighted by molar-refractivity contribution is 0.0691. The second-order valence-corrected chi connectivity index (χ2v) is 6.08. The number of anilines is 1. The molecule has 0 spiro atoms. The van der Waals surface area contributed by atoms with Crippen LogP contribution < -0.4 is 10.5 Å². The Morgan fingerprint density at radius 1 is 1.48 bits per heavy atom. The first-order valence-electron chi connectivity index (χ1n) is 7.63. The van der Waals surface area contributed by atoms with E-state index >= 15 is 0 Å². The smallest absolute Gasteiger partial charge is 0.345 e. The predicted molar refractivity (Wildman–Crippen MR) is 91.8 cm³/mol. The summed E-state index contributed by atoms with van der Waals surface area (Å²) in [6, 6.07) is 2.80. The number of aromatic nitrogens is 1. The molecule has 0 saturated heterocycles. The van der Waals surface area contributed by atoms with E-state index in [2.05, 4.69) is 11.6 Å². The molecule has 0 radical (unpaired) electrons. The minimum atomic E-state index is -1.52. The lowest BCUT2D eigenvalue weighted by Crippen LogP contribution is -2.27. The second kappa shape index (κ2) is 5.77. The number of nitrogens with zero attached hydrogens (tertiary/aromatic N) is 1. The average molecular weight is 344 g/mol. The van der Waals surface area contributed by atoms with Gasteiger partial charge in [0.1, 0.15) is 11.6 Å². The highest BCUT2D eigenvalue weighted by atomic mass is 19.1. The number of fused-ring (bicyclic) bond motifs is 1. The molecule has 3 rings (SSSR count). The van der Waals surface area contributed by atoms with Crippen LogP contribution in [-0.2, 0) is 6.42 Å². The van der Waals surface area contributed by atoms with E-state index in [1.54, 1.807) is 20.0 Å². The SMILES string of the molecule is C=Cc1c(C2Cc3cc(F)c(C)cc3N2C)[nH]c(=O)c(C(=O)O)c1O. The molecule has 0 bridgehead atoms. The Hall–Kier alpha value is -3.09. The van der Waals surface area contributed by atoms with E-state index in [0.717, 1.165) is 11.3 Å². The van der Waals surface area contributed by atoms with Gasteiger partial charge in [-0.25, -0.2) is 9.18 Å². The van der Waals surface area contributed by atoms with E-state index in [1.807, 2.05) is 4.90 Å². The zero-order chi connectivity index (χ0) is 18.5. The standard InChI is InChI=1S/C18H17FN2O4/c1-4-10-15(20-17(23)14(16(10)22)18(24)25)13-7-9-6-11(19)8(2)5-12(9)21(13)3/h4-6,13H,1,7H2,2-3H3,(H,24,25)(H2,20,22,23). The fraction of sp³-hybridized carbons (Fsp3) is 0.222. The number of H-pyrrole nitrogens is 1. The molecule has 0 saturated carbocycles. The van der Waals surface area contributed by atoms with Gasteiger partial charge >= 0.3 is 5.97 Å². The van der Waals surface area contributed by atoms with Crippen molar-refractivity contribution in [2.24, 2.45) is 0 Å². The topological polar surface area (TPSA) is 93.6 Å². The van der Waals surface area contributed by atoms with Crippen molar-refractivity contribution >= 4 is 17.7 Å². The average Bonchev–Trinajstić information content (AvgIpc) is 2.83. The van der Waals surface area contributed by atoms with Crippen LogP contribution in [0, 0.1) is 12.7 Å². The van der Waals surface area contributed by atoms with Crippen molar-refractivity contribution < 1.29 is 19.4 Å². The maximum Gasteiger partial charge on any atom is 0.345 e. The van der Waals surface area contributed by atoms with Gasteiger partial charge in [-0.1, -0.05) is 12.7 Å². The fourth-order valence-corrected chi connectivity index (χ4v) is 3.30. The molecular formula is C18H17FN2O4. The van der Waals surface area contributed by atoms with Crippen molar-refractivity contribution in [3.8, 4) is 5.75 Å². The summed E-state index contributed by atoms with van der Waals surface area (Å²) in [4.78, 5) is 27.7. The minimum Gasteiger partial charge on any atom is -0.506 e. The van der Waals surface area contributed by atoms with Crippen LogP contribution in [0.1, 0.15) is 38.8 Å². The number of carbonyl (C=O) groups is 1. The third kappa shape index (κ3) is 2.48. The normalized spacial score (nSPS) is 16.0. The lowest BCUT2D eigenvalue weighted by Gasteiger charge is -2.25. The third-order valence-electron chi connectivity index (χ3n) is 4.63. The first-order chi connectivity index (χ1) is 11.8. The van der Waals surface area contributed by atoms with E-state index in [9.17, 15) is 19.1 Å². The monoisotopic (exact) mass is 344 g/mol. The first-order valence-corrected chi connectivity index (χ1v) is 7.63. The van der Waals surface area contributed by atoms with Crippen LogP contribution in [-0.4, -0.2) is 28.2 Å². The molecule has 1 aliphatic rings. The number of nitrogens with one attached hydrogen (secondary N) is 1. The van der Waals surface area contributed by atoms with E-state index in [4.69, 9.17) is 5.11 Å². The number of carboxylic acid groups (broad SMARTS) is 1. The summed E-state index contributed by atoms with van der Waals surface area (Å²) in [5.41, 5.74) is 0.983. The Labute approximate surface area is 142 Å². The Kier molecular flexibility index (Phi) is 3.87. The molecule has 0 amide bonds. The van der Waals surface area contributed by atoms with Gasteiger partial charge in [0.25, 0.3) is 5.56 Å². The zero-order valence-corrected chi connectivity index (χ0v) is 13.8. The Balaban J connectivity index is 2.17. The highest BCUT2D eigenvalue weighted by Gasteiger charge is 2.33. The number of pyridine rings is 1. The molecule has 1 atom stereocenters. The zero-order valence-electron chi connectivity index (χ0n) is 13.8. The van der Waals surface area contributed by atoms with Gasteiger partial charge < -0.3 is 20.1 Å². The quantitative estimate of drug-likeness (QED) is 0.796. The molecule has 2 heterocycles. The van der Waals surface area contributed by atoms with Crippen molar-refractivity contribution in [2.45, 2.75) is 19.4 Å². The molecule has 0 fully saturated rings. The lowest BCUT2D eigenvalue weighted by atomic mass is 10.00. The van der Waals surface area contributed by atoms with Crippen molar-refractivity contribution in [1.82, 2.24) is 4.98 Å². The molecule has 1 aromatic carbocycles. The molecular weight excluding hydrogens is 327 g/mol. The van der Waals surface area contributed by atoms with E-state index in [-0.39, 0.29) is 17.4 Å². The predicted octanol–water partition coefficient (Wildman–Crippen LogP) is 2.60. The molecule has 0 aliphatic carbocycles. The number of halogens is 1. The number of benzene rings is 1. The first kappa shape index (κ1) is 16.8. The fourth-order valence-electron chi connectivity index (χ4n) is 3.30. The Morgan fingerprint density at radius 3 is 2.76 bits per heavy atom. The molecule has 1 aromatic heterocycles. The van der Waals surface area contributed by atoms with Crippen molar-refractivity contribution in [3.05, 3.63) is 62.8 Å². The second-order valence-electron chi connectivity index (χ2n) is 6.08. The minimum absolute atomic E-state index is 0.152. The van der Waals surface area contributed by atoms with Gasteiger partial charge in [0.2, 0.25) is 0 Å². The Bertz CT molecular complexity index is 965. The van der Waals surface area contributed by atoms with Crippen LogP contribution in [0.2, 0.25) is 0 Å². The van der Waals surface area contributed by atoms with E-state index < -0.39 is 22.8 Å². The van der Waals surface area contributed by atoms with E-state index in [1.165, 1.54) is 12.1 Å². The molecule has 6 nitrogen and oxygen atoms in total. The number of rotatable bonds is 3. The van der Waals surface area contributed by atoms with Gasteiger partial charge in [0, 0.05) is 24.7 Å². The van der Waals surface area contributed by atoms with Crippen LogP contribution in [0.25, 0.3) is 6.08 Å². The maximum atomic E-state index is 13.8. The number of carboxylic acids is 1. The molecule has 1 unspecified atom stereocenters. The summed E-state index contributed by atoms with van der Waals surface area (Å²) in [6.07, 6.45) is 1.71. The summed E-state index contributed by atoms with van der Waals surface area (Å²) in [5, 5.41) is 19.3. The molecule has 1 aliphatic heterocycles. The van der Waals surface area contributed by atoms with Crippen LogP contribution in [0.15, 0.2) is 23.5 Å². The van der Waals surface area contributed by atoms with Gasteiger partial charge in [-0.15, -0.1) is 0 Å². The van der Waals surface area contributed by atoms with Gasteiger partial charge in [0.15, 0.2) is 5.56 Å². The van der Waals surface area contributed by atoms with Crippen molar-refractivity contribution in [3.63, 3.8) is 0 Å². The van der Waals surface area contributed by atoms with Gasteiger partial charge in [0.05, 0.1) is 11.7 Å². The van der Waals surface area contributed by atoms with Crippen LogP contribution in [0.4, 0.5) is 10.1 Å². The maximum absolute atomic E-state index is 13.8. The Morgan fingerprint density at radius 2 is 2.16 bits per heavy atom. The van der Waals surface area contributed by atoms with Crippen molar-refractivity contribution in [2.75, 3.05) is 11.9 Å². The van der Waals surface area contributed by atoms with Crippen molar-refractivity contribution in [1.29, 1.82) is 0 Å². The number of likely N-dealkylation sites (N-methyl/N-ethyl adjacent to an activating group) is 1. The summed E-state index contributed by atoms with van der Waals surface area (Å²) in [5.74, 6) is -2.45. The van der Waals surface area contributed by atoms with Gasteiger partial charge in [-0.3, -0.25) is 4.79 Å².